The van der Waals surface area contributed by atoms with Gasteiger partial charge in [0.25, 0.3) is 0 Å². The SMILES string of the molecule is CCCN(CCN(C)C)C(C)CCNC. The fraction of sp³-hybridized carbons (Fsp3) is 1.00. The molecule has 1 unspecified atom stereocenters. The minimum absolute atomic E-state index is 0.692. The van der Waals surface area contributed by atoms with Crippen molar-refractivity contribution in [2.75, 3.05) is 47.3 Å². The molecule has 0 bridgehead atoms. The Labute approximate surface area is 95.8 Å². The lowest BCUT2D eigenvalue weighted by atomic mass is 10.2. The molecule has 1 atom stereocenters. The van der Waals surface area contributed by atoms with Crippen LogP contribution in [0.1, 0.15) is 26.7 Å². The molecule has 0 saturated heterocycles. The number of likely N-dealkylation sites (N-methyl/N-ethyl adjacent to an activating group) is 1. The first kappa shape index (κ1) is 14.9. The van der Waals surface area contributed by atoms with E-state index >= 15 is 0 Å². The van der Waals surface area contributed by atoms with Gasteiger partial charge in [-0.1, -0.05) is 6.92 Å². The Morgan fingerprint density at radius 1 is 1.13 bits per heavy atom. The molecule has 0 radical (unpaired) electrons. The van der Waals surface area contributed by atoms with Crippen LogP contribution in [-0.2, 0) is 0 Å². The van der Waals surface area contributed by atoms with Gasteiger partial charge in [0.2, 0.25) is 0 Å². The first-order chi connectivity index (χ1) is 7.11. The van der Waals surface area contributed by atoms with Crippen LogP contribution in [-0.4, -0.2) is 63.2 Å². The Balaban J connectivity index is 3.88. The number of hydrogen-bond donors (Lipinski definition) is 1. The summed E-state index contributed by atoms with van der Waals surface area (Å²) in [7, 11) is 6.31. The molecule has 3 nitrogen and oxygen atoms in total. The van der Waals surface area contributed by atoms with E-state index in [9.17, 15) is 0 Å². The third kappa shape index (κ3) is 7.77. The summed E-state index contributed by atoms with van der Waals surface area (Å²) in [4.78, 5) is 4.85. The Bertz CT molecular complexity index is 137. The van der Waals surface area contributed by atoms with E-state index in [1.165, 1.54) is 25.9 Å². The highest BCUT2D eigenvalue weighted by Crippen LogP contribution is 2.04. The number of nitrogens with zero attached hydrogens (tertiary/aromatic N) is 2. The molecule has 3 heteroatoms. The molecule has 0 aromatic heterocycles. The summed E-state index contributed by atoms with van der Waals surface area (Å²) in [6.45, 7) is 9.27. The van der Waals surface area contributed by atoms with Crippen molar-refractivity contribution in [3.05, 3.63) is 0 Å². The molecular weight excluding hydrogens is 186 g/mol. The molecule has 15 heavy (non-hydrogen) atoms. The van der Waals surface area contributed by atoms with Crippen LogP contribution in [0.15, 0.2) is 0 Å². The van der Waals surface area contributed by atoms with Gasteiger partial charge >= 0.3 is 0 Å². The first-order valence-electron chi connectivity index (χ1n) is 6.15. The maximum atomic E-state index is 3.22. The lowest BCUT2D eigenvalue weighted by molar-refractivity contribution is 0.181. The van der Waals surface area contributed by atoms with Gasteiger partial charge in [0.05, 0.1) is 0 Å². The molecule has 1 N–H and O–H groups in total. The molecule has 0 heterocycles. The largest absolute Gasteiger partial charge is 0.320 e. The van der Waals surface area contributed by atoms with Crippen LogP contribution in [0.5, 0.6) is 0 Å². The summed E-state index contributed by atoms with van der Waals surface area (Å²) in [6.07, 6.45) is 2.49. The average molecular weight is 215 g/mol. The molecule has 92 valence electrons. The minimum atomic E-state index is 0.692. The third-order valence-corrected chi connectivity index (χ3v) is 2.78. The van der Waals surface area contributed by atoms with Crippen molar-refractivity contribution in [2.24, 2.45) is 0 Å². The highest BCUT2D eigenvalue weighted by Gasteiger charge is 2.12. The smallest absolute Gasteiger partial charge is 0.0112 e. The molecule has 0 spiro atoms. The second-order valence-electron chi connectivity index (χ2n) is 4.58. The third-order valence-electron chi connectivity index (χ3n) is 2.78. The van der Waals surface area contributed by atoms with E-state index in [0.29, 0.717) is 6.04 Å². The van der Waals surface area contributed by atoms with Crippen LogP contribution in [0.3, 0.4) is 0 Å². The lowest BCUT2D eigenvalue weighted by Gasteiger charge is -2.29. The summed E-state index contributed by atoms with van der Waals surface area (Å²) in [5.41, 5.74) is 0. The summed E-state index contributed by atoms with van der Waals surface area (Å²) in [5.74, 6) is 0. The molecular formula is C12H29N3. The van der Waals surface area contributed by atoms with Gasteiger partial charge in [-0.3, -0.25) is 4.90 Å². The van der Waals surface area contributed by atoms with E-state index in [2.05, 4.69) is 43.1 Å². The van der Waals surface area contributed by atoms with E-state index in [1.807, 2.05) is 7.05 Å². The zero-order valence-electron chi connectivity index (χ0n) is 11.2. The summed E-state index contributed by atoms with van der Waals surface area (Å²) >= 11 is 0. The van der Waals surface area contributed by atoms with Crippen LogP contribution >= 0.6 is 0 Å². The summed E-state index contributed by atoms with van der Waals surface area (Å²) in [6, 6.07) is 0.692. The van der Waals surface area contributed by atoms with Gasteiger partial charge in [-0.15, -0.1) is 0 Å². The van der Waals surface area contributed by atoms with Crippen molar-refractivity contribution >= 4 is 0 Å². The normalized spacial score (nSPS) is 13.8. The molecule has 0 fully saturated rings. The topological polar surface area (TPSA) is 18.5 Å². The highest BCUT2D eigenvalue weighted by molar-refractivity contribution is 4.68. The van der Waals surface area contributed by atoms with Gasteiger partial charge in [0.1, 0.15) is 0 Å². The molecule has 0 rings (SSSR count). The van der Waals surface area contributed by atoms with Gasteiger partial charge in [-0.2, -0.15) is 0 Å². The van der Waals surface area contributed by atoms with Crippen molar-refractivity contribution in [2.45, 2.75) is 32.7 Å². The van der Waals surface area contributed by atoms with Crippen LogP contribution in [0.2, 0.25) is 0 Å². The zero-order valence-corrected chi connectivity index (χ0v) is 11.2. The molecule has 0 aliphatic rings. The molecule has 0 saturated carbocycles. The zero-order chi connectivity index (χ0) is 11.7. The Morgan fingerprint density at radius 3 is 2.27 bits per heavy atom. The van der Waals surface area contributed by atoms with Crippen molar-refractivity contribution < 1.29 is 0 Å². The van der Waals surface area contributed by atoms with Crippen molar-refractivity contribution in [1.82, 2.24) is 15.1 Å². The lowest BCUT2D eigenvalue weighted by Crippen LogP contribution is -2.39. The van der Waals surface area contributed by atoms with Gasteiger partial charge < -0.3 is 10.2 Å². The van der Waals surface area contributed by atoms with E-state index in [1.54, 1.807) is 0 Å². The second kappa shape index (κ2) is 9.13. The number of rotatable bonds is 9. The summed E-state index contributed by atoms with van der Waals surface area (Å²) < 4.78 is 0. The van der Waals surface area contributed by atoms with E-state index in [-0.39, 0.29) is 0 Å². The Kier molecular flexibility index (Phi) is 9.06. The molecule has 0 aliphatic heterocycles. The first-order valence-corrected chi connectivity index (χ1v) is 6.15. The van der Waals surface area contributed by atoms with E-state index in [4.69, 9.17) is 0 Å². The van der Waals surface area contributed by atoms with E-state index in [0.717, 1.165) is 13.1 Å². The van der Waals surface area contributed by atoms with Gasteiger partial charge in [0, 0.05) is 19.1 Å². The van der Waals surface area contributed by atoms with Gasteiger partial charge in [-0.05, 0) is 54.0 Å². The summed E-state index contributed by atoms with van der Waals surface area (Å²) in [5, 5.41) is 3.22. The fourth-order valence-electron chi connectivity index (χ4n) is 1.70. The number of nitrogens with one attached hydrogen (secondary N) is 1. The van der Waals surface area contributed by atoms with Crippen molar-refractivity contribution in [3.63, 3.8) is 0 Å². The molecule has 0 aliphatic carbocycles. The Hall–Kier alpha value is -0.120. The van der Waals surface area contributed by atoms with Crippen LogP contribution in [0.4, 0.5) is 0 Å². The van der Waals surface area contributed by atoms with Crippen molar-refractivity contribution in [1.29, 1.82) is 0 Å². The fourth-order valence-corrected chi connectivity index (χ4v) is 1.70. The monoisotopic (exact) mass is 215 g/mol. The van der Waals surface area contributed by atoms with Gasteiger partial charge in [-0.25, -0.2) is 0 Å². The molecule has 0 aromatic carbocycles. The number of hydrogen-bond acceptors (Lipinski definition) is 3. The van der Waals surface area contributed by atoms with Crippen LogP contribution in [0, 0.1) is 0 Å². The highest BCUT2D eigenvalue weighted by atomic mass is 15.2. The Morgan fingerprint density at radius 2 is 1.80 bits per heavy atom. The predicted molar refractivity (Wildman–Crippen MR) is 68.4 cm³/mol. The quantitative estimate of drug-likeness (QED) is 0.625. The maximum absolute atomic E-state index is 3.22. The van der Waals surface area contributed by atoms with Gasteiger partial charge in [0.15, 0.2) is 0 Å². The van der Waals surface area contributed by atoms with Crippen LogP contribution in [0.25, 0.3) is 0 Å². The predicted octanol–water partition coefficient (Wildman–Crippen LogP) is 1.26. The van der Waals surface area contributed by atoms with Crippen LogP contribution < -0.4 is 5.32 Å². The van der Waals surface area contributed by atoms with Crippen molar-refractivity contribution in [3.8, 4) is 0 Å². The van der Waals surface area contributed by atoms with E-state index < -0.39 is 0 Å². The minimum Gasteiger partial charge on any atom is -0.320 e. The molecule has 0 amide bonds. The molecule has 0 aromatic rings. The second-order valence-corrected chi connectivity index (χ2v) is 4.58. The maximum Gasteiger partial charge on any atom is 0.0112 e. The average Bonchev–Trinajstić information content (AvgIpc) is 2.20. The standard InChI is InChI=1S/C12H29N3/c1-6-9-15(11-10-14(4)5)12(2)7-8-13-3/h12-13H,6-11H2,1-5H3.